The number of carbonyl (C=O) groups excluding carboxylic acids is 1. The number of nitrogens with zero attached hydrogens (tertiary/aromatic N) is 7. The van der Waals surface area contributed by atoms with Crippen LogP contribution in [0.3, 0.4) is 0 Å². The van der Waals surface area contributed by atoms with Crippen LogP contribution < -0.4 is 9.80 Å². The second kappa shape index (κ2) is 11.9. The number of aromatic nitrogens is 3. The Hall–Kier alpha value is -3.29. The van der Waals surface area contributed by atoms with Gasteiger partial charge in [0.1, 0.15) is 11.6 Å². The zero-order chi connectivity index (χ0) is 31.2. The number of halogens is 3. The number of piperidine rings is 1. The molecule has 1 amide bonds. The molecule has 13 heteroatoms. The maximum absolute atomic E-state index is 14.0. The molecule has 0 aromatic carbocycles. The number of hydrogen-bond acceptors (Lipinski definition) is 9. The summed E-state index contributed by atoms with van der Waals surface area (Å²) >= 11 is 0. The highest BCUT2D eigenvalue weighted by Crippen LogP contribution is 2.42. The number of anilines is 2. The lowest BCUT2D eigenvalue weighted by Crippen LogP contribution is -2.68. The molecule has 4 fully saturated rings. The predicted octanol–water partition coefficient (Wildman–Crippen LogP) is 3.36. The smallest absolute Gasteiger partial charge is 0.374 e. The summed E-state index contributed by atoms with van der Waals surface area (Å²) in [6, 6.07) is 3.85. The van der Waals surface area contributed by atoms with Crippen LogP contribution in [-0.2, 0) is 26.0 Å². The second-order valence-electron chi connectivity index (χ2n) is 12.3. The molecule has 10 nitrogen and oxygen atoms in total. The largest absolute Gasteiger partial charge is 0.451 e. The van der Waals surface area contributed by atoms with Crippen LogP contribution in [0.25, 0.3) is 0 Å². The molecule has 6 heterocycles. The second-order valence-corrected chi connectivity index (χ2v) is 12.3. The fourth-order valence-electron chi connectivity index (χ4n) is 7.06. The molecule has 4 aliphatic rings. The zero-order valence-corrected chi connectivity index (χ0v) is 25.5. The Morgan fingerprint density at radius 1 is 1.11 bits per heavy atom. The van der Waals surface area contributed by atoms with E-state index in [4.69, 9.17) is 14.5 Å². The van der Waals surface area contributed by atoms with Crippen LogP contribution in [0.15, 0.2) is 31.0 Å². The molecular weight excluding hydrogens is 575 g/mol. The normalized spacial score (nSPS) is 24.5. The molecule has 0 bridgehead atoms. The molecule has 0 saturated carbocycles. The van der Waals surface area contributed by atoms with Gasteiger partial charge < -0.3 is 24.2 Å². The van der Waals surface area contributed by atoms with Gasteiger partial charge in [-0.2, -0.15) is 13.2 Å². The van der Waals surface area contributed by atoms with Crippen molar-refractivity contribution in [3.05, 3.63) is 53.6 Å². The first-order valence-corrected chi connectivity index (χ1v) is 15.3. The highest BCUT2D eigenvalue weighted by atomic mass is 19.4. The third-order valence-corrected chi connectivity index (χ3v) is 9.88. The monoisotopic (exact) mass is 615 g/mol. The van der Waals surface area contributed by atoms with Gasteiger partial charge in [0.2, 0.25) is 11.7 Å². The molecule has 0 radical (unpaired) electrons. The van der Waals surface area contributed by atoms with E-state index in [1.165, 1.54) is 6.08 Å². The predicted molar refractivity (Wildman–Crippen MR) is 159 cm³/mol. The van der Waals surface area contributed by atoms with Crippen molar-refractivity contribution < 1.29 is 27.4 Å². The fourth-order valence-corrected chi connectivity index (χ4v) is 7.06. The molecule has 238 valence electrons. The van der Waals surface area contributed by atoms with E-state index in [0.29, 0.717) is 57.6 Å². The minimum atomic E-state index is -4.66. The van der Waals surface area contributed by atoms with Crippen LogP contribution >= 0.6 is 0 Å². The van der Waals surface area contributed by atoms with E-state index in [-0.39, 0.29) is 23.9 Å². The zero-order valence-electron chi connectivity index (χ0n) is 25.5. The molecule has 0 N–H and O–H groups in total. The van der Waals surface area contributed by atoms with E-state index in [1.807, 2.05) is 22.8 Å². The highest BCUT2D eigenvalue weighted by molar-refractivity contribution is 5.87. The highest BCUT2D eigenvalue weighted by Gasteiger charge is 2.46. The van der Waals surface area contributed by atoms with Crippen molar-refractivity contribution in [2.24, 2.45) is 0 Å². The number of ether oxygens (including phenoxy) is 2. The van der Waals surface area contributed by atoms with Gasteiger partial charge in [-0.3, -0.25) is 14.7 Å². The first-order valence-electron chi connectivity index (χ1n) is 15.3. The Kier molecular flexibility index (Phi) is 8.31. The molecule has 0 aliphatic carbocycles. The van der Waals surface area contributed by atoms with Crippen molar-refractivity contribution in [2.75, 3.05) is 75.9 Å². The average Bonchev–Trinajstić information content (AvgIpc) is 3.00. The van der Waals surface area contributed by atoms with Gasteiger partial charge in [-0.05, 0) is 55.9 Å². The van der Waals surface area contributed by atoms with Crippen molar-refractivity contribution in [1.82, 2.24) is 24.8 Å². The lowest BCUT2D eigenvalue weighted by atomic mass is 9.80. The third kappa shape index (κ3) is 5.54. The van der Waals surface area contributed by atoms with Crippen LogP contribution in [0, 0.1) is 6.92 Å². The number of pyridine rings is 1. The molecule has 0 spiro atoms. The number of rotatable bonds is 7. The van der Waals surface area contributed by atoms with Gasteiger partial charge in [-0.25, -0.2) is 9.97 Å². The van der Waals surface area contributed by atoms with Crippen LogP contribution in [0.4, 0.5) is 24.8 Å². The molecule has 2 aromatic rings. The minimum Gasteiger partial charge on any atom is -0.374 e. The van der Waals surface area contributed by atoms with E-state index < -0.39 is 17.6 Å². The van der Waals surface area contributed by atoms with Crippen molar-refractivity contribution in [2.45, 2.75) is 56.5 Å². The standard InChI is InChI=1S/C31H40F3N7O3/c1-5-26(42)40-14-12-38(13-15-40)23-17-41(21(23)3)25-16-24(36-29(37-25)31(32,33)34)39-10-7-22(8-11-39)27-20(2)6-9-35-28(27)30(43-4)18-44-19-30/h5-6,9,16,21-23H,1,7-8,10-15,17-19H2,2-4H3/t21-,23-/m1/s1. The molecule has 4 aliphatic heterocycles. The van der Waals surface area contributed by atoms with Crippen LogP contribution in [0.2, 0.25) is 0 Å². The summed E-state index contributed by atoms with van der Waals surface area (Å²) < 4.78 is 53.4. The van der Waals surface area contributed by atoms with E-state index in [9.17, 15) is 18.0 Å². The molecule has 6 rings (SSSR count). The van der Waals surface area contributed by atoms with Crippen molar-refractivity contribution in [3.63, 3.8) is 0 Å². The van der Waals surface area contributed by atoms with E-state index >= 15 is 0 Å². The Labute approximate surface area is 255 Å². The third-order valence-electron chi connectivity index (χ3n) is 9.88. The summed E-state index contributed by atoms with van der Waals surface area (Å²) in [7, 11) is 1.68. The van der Waals surface area contributed by atoms with Crippen molar-refractivity contribution in [1.29, 1.82) is 0 Å². The van der Waals surface area contributed by atoms with Gasteiger partial charge >= 0.3 is 6.18 Å². The Morgan fingerprint density at radius 2 is 1.80 bits per heavy atom. The Morgan fingerprint density at radius 3 is 2.36 bits per heavy atom. The molecule has 0 unspecified atom stereocenters. The summed E-state index contributed by atoms with van der Waals surface area (Å²) in [5.41, 5.74) is 2.65. The topological polar surface area (TPSA) is 87.2 Å². The number of carbonyl (C=O) groups is 1. The number of amides is 1. The van der Waals surface area contributed by atoms with Gasteiger partial charge in [-0.1, -0.05) is 6.58 Å². The number of alkyl halides is 3. The first-order chi connectivity index (χ1) is 21.0. The van der Waals surface area contributed by atoms with Gasteiger partial charge in [0.05, 0.1) is 18.9 Å². The van der Waals surface area contributed by atoms with E-state index in [2.05, 4.69) is 28.4 Å². The quantitative estimate of drug-likeness (QED) is 0.436. The Balaban J connectivity index is 1.17. The molecule has 44 heavy (non-hydrogen) atoms. The van der Waals surface area contributed by atoms with Crippen LogP contribution in [0.1, 0.15) is 48.3 Å². The summed E-state index contributed by atoms with van der Waals surface area (Å²) in [5.74, 6) is -0.392. The van der Waals surface area contributed by atoms with Gasteiger partial charge in [0.15, 0.2) is 5.60 Å². The molecule has 2 atom stereocenters. The summed E-state index contributed by atoms with van der Waals surface area (Å²) in [6.07, 6.45) is -0.0256. The number of piperazine rings is 1. The average molecular weight is 616 g/mol. The lowest BCUT2D eigenvalue weighted by Gasteiger charge is -2.53. The molecule has 4 saturated heterocycles. The van der Waals surface area contributed by atoms with E-state index in [1.54, 1.807) is 24.3 Å². The van der Waals surface area contributed by atoms with Gasteiger partial charge in [-0.15, -0.1) is 0 Å². The minimum absolute atomic E-state index is 0.0261. The molecular formula is C31H40F3N7O3. The number of aryl methyl sites for hydroxylation is 1. The van der Waals surface area contributed by atoms with Gasteiger partial charge in [0.25, 0.3) is 0 Å². The Bertz CT molecular complexity index is 1380. The van der Waals surface area contributed by atoms with Gasteiger partial charge in [0, 0.05) is 77.3 Å². The number of methoxy groups -OCH3 is 1. The fraction of sp³-hybridized carbons (Fsp3) is 0.613. The lowest BCUT2D eigenvalue weighted by molar-refractivity contribution is -0.205. The summed E-state index contributed by atoms with van der Waals surface area (Å²) in [5, 5.41) is 0. The SMILES string of the molecule is C=CC(=O)N1CCN([C@@H]2CN(c3cc(N4CCC(c5c(C)ccnc5C5(OC)COC5)CC4)nc(C(F)(F)F)n3)[C@@H]2C)CC1. The van der Waals surface area contributed by atoms with Crippen molar-refractivity contribution in [3.8, 4) is 0 Å². The number of hydrogen-bond donors (Lipinski definition) is 0. The van der Waals surface area contributed by atoms with Crippen LogP contribution in [0.5, 0.6) is 0 Å². The van der Waals surface area contributed by atoms with Crippen LogP contribution in [-0.4, -0.2) is 109 Å². The maximum Gasteiger partial charge on any atom is 0.451 e. The maximum atomic E-state index is 14.0. The van der Waals surface area contributed by atoms with Crippen molar-refractivity contribution >= 4 is 17.5 Å². The summed E-state index contributed by atoms with van der Waals surface area (Å²) in [6.45, 7) is 12.9. The first kappa shape index (κ1) is 30.7. The summed E-state index contributed by atoms with van der Waals surface area (Å²) in [4.78, 5) is 32.6. The molecule has 2 aromatic heterocycles. The van der Waals surface area contributed by atoms with E-state index in [0.717, 1.165) is 42.8 Å².